The Morgan fingerprint density at radius 2 is 1.90 bits per heavy atom. The Morgan fingerprint density at radius 3 is 2.10 bits per heavy atom. The first kappa shape index (κ1) is 7.94. The fourth-order valence-electron chi connectivity index (χ4n) is 1.09. The Hall–Kier alpha value is -0.160. The highest BCUT2D eigenvalue weighted by atomic mass is 16.5. The third-order valence-corrected chi connectivity index (χ3v) is 1.78. The molecule has 0 saturated carbocycles. The quantitative estimate of drug-likeness (QED) is 0.422. The Morgan fingerprint density at radius 1 is 1.30 bits per heavy atom. The fraction of sp³-hybridized carbons (Fsp3) is 1.00. The van der Waals surface area contributed by atoms with Crippen molar-refractivity contribution in [1.82, 2.24) is 0 Å². The van der Waals surface area contributed by atoms with E-state index in [-0.39, 0.29) is 12.7 Å². The molecule has 0 spiro atoms. The first-order valence-electron chi connectivity index (χ1n) is 3.29. The second-order valence-electron chi connectivity index (χ2n) is 2.54. The standard InChI is InChI=1S/C6H12O4/c1-3-5(8)6(9)4(2-7)10-3/h3-9H,2H2,1H3/t3-,4+,5-,6+/m1/s1. The largest absolute Gasteiger partial charge is 0.394 e. The first-order valence-corrected chi connectivity index (χ1v) is 3.29. The van der Waals surface area contributed by atoms with E-state index < -0.39 is 18.3 Å². The van der Waals surface area contributed by atoms with Gasteiger partial charge in [0.2, 0.25) is 0 Å². The molecular weight excluding hydrogens is 136 g/mol. The van der Waals surface area contributed by atoms with Crippen molar-refractivity contribution in [2.24, 2.45) is 0 Å². The molecule has 4 nitrogen and oxygen atoms in total. The monoisotopic (exact) mass is 148 g/mol. The number of aliphatic hydroxyl groups is 3. The van der Waals surface area contributed by atoms with E-state index in [1.165, 1.54) is 0 Å². The summed E-state index contributed by atoms with van der Waals surface area (Å²) in [7, 11) is 0. The molecule has 0 aromatic carbocycles. The molecule has 0 bridgehead atoms. The summed E-state index contributed by atoms with van der Waals surface area (Å²) in [4.78, 5) is 0. The Kier molecular flexibility index (Phi) is 2.25. The number of rotatable bonds is 1. The van der Waals surface area contributed by atoms with Gasteiger partial charge in [0.05, 0.1) is 12.7 Å². The van der Waals surface area contributed by atoms with Crippen molar-refractivity contribution in [3.63, 3.8) is 0 Å². The van der Waals surface area contributed by atoms with Crippen molar-refractivity contribution < 1.29 is 20.1 Å². The summed E-state index contributed by atoms with van der Waals surface area (Å²) in [6, 6.07) is 0. The molecule has 60 valence electrons. The summed E-state index contributed by atoms with van der Waals surface area (Å²) in [6.07, 6.45) is -2.81. The molecule has 1 rings (SSSR count). The van der Waals surface area contributed by atoms with E-state index in [2.05, 4.69) is 0 Å². The molecule has 0 aromatic rings. The van der Waals surface area contributed by atoms with Crippen LogP contribution in [0, 0.1) is 0 Å². The molecule has 1 aliphatic rings. The van der Waals surface area contributed by atoms with E-state index >= 15 is 0 Å². The van der Waals surface area contributed by atoms with Crippen LogP contribution in [0.5, 0.6) is 0 Å². The van der Waals surface area contributed by atoms with Gasteiger partial charge in [-0.3, -0.25) is 0 Å². The van der Waals surface area contributed by atoms with E-state index in [0.29, 0.717) is 0 Å². The first-order chi connectivity index (χ1) is 4.66. The van der Waals surface area contributed by atoms with Gasteiger partial charge in [0.15, 0.2) is 0 Å². The maximum Gasteiger partial charge on any atom is 0.111 e. The zero-order chi connectivity index (χ0) is 7.72. The SMILES string of the molecule is C[C@H]1O[C@@H](CO)[C@H](O)[C@@H]1O. The van der Waals surface area contributed by atoms with Gasteiger partial charge in [0.25, 0.3) is 0 Å². The normalized spacial score (nSPS) is 48.0. The second-order valence-corrected chi connectivity index (χ2v) is 2.54. The molecule has 4 atom stereocenters. The minimum Gasteiger partial charge on any atom is -0.394 e. The fourth-order valence-corrected chi connectivity index (χ4v) is 1.09. The van der Waals surface area contributed by atoms with Crippen LogP contribution in [0.1, 0.15) is 6.92 Å². The van der Waals surface area contributed by atoms with Gasteiger partial charge in [-0.1, -0.05) is 0 Å². The minimum absolute atomic E-state index is 0.247. The zero-order valence-corrected chi connectivity index (χ0v) is 5.77. The van der Waals surface area contributed by atoms with Crippen molar-refractivity contribution in [2.45, 2.75) is 31.3 Å². The predicted octanol–water partition coefficient (Wildman–Crippen LogP) is -1.51. The van der Waals surface area contributed by atoms with E-state index in [1.807, 2.05) is 0 Å². The van der Waals surface area contributed by atoms with E-state index in [9.17, 15) is 0 Å². The molecule has 10 heavy (non-hydrogen) atoms. The van der Waals surface area contributed by atoms with Crippen LogP contribution < -0.4 is 0 Å². The lowest BCUT2D eigenvalue weighted by atomic mass is 10.1. The van der Waals surface area contributed by atoms with Gasteiger partial charge in [0.1, 0.15) is 18.3 Å². The Bertz CT molecular complexity index is 116. The summed E-state index contributed by atoms with van der Waals surface area (Å²) in [6.45, 7) is 1.41. The maximum atomic E-state index is 9.09. The maximum absolute atomic E-state index is 9.09. The third-order valence-electron chi connectivity index (χ3n) is 1.78. The van der Waals surface area contributed by atoms with Crippen LogP contribution in [0.4, 0.5) is 0 Å². The summed E-state index contributed by atoms with van der Waals surface area (Å²) in [5.41, 5.74) is 0. The lowest BCUT2D eigenvalue weighted by molar-refractivity contribution is -0.0171. The lowest BCUT2D eigenvalue weighted by Gasteiger charge is -2.10. The van der Waals surface area contributed by atoms with Crippen molar-refractivity contribution in [2.75, 3.05) is 6.61 Å². The number of aliphatic hydroxyl groups excluding tert-OH is 3. The van der Waals surface area contributed by atoms with Crippen LogP contribution in [0.25, 0.3) is 0 Å². The Labute approximate surface area is 59.1 Å². The van der Waals surface area contributed by atoms with Crippen LogP contribution >= 0.6 is 0 Å². The van der Waals surface area contributed by atoms with Gasteiger partial charge in [-0.2, -0.15) is 0 Å². The summed E-state index contributed by atoms with van der Waals surface area (Å²) in [5.74, 6) is 0. The summed E-state index contributed by atoms with van der Waals surface area (Å²) < 4.78 is 4.98. The Balaban J connectivity index is 2.53. The molecule has 4 heteroatoms. The van der Waals surface area contributed by atoms with E-state index in [0.717, 1.165) is 0 Å². The van der Waals surface area contributed by atoms with Crippen LogP contribution in [-0.4, -0.2) is 46.3 Å². The molecule has 0 amide bonds. The molecule has 0 radical (unpaired) electrons. The smallest absolute Gasteiger partial charge is 0.111 e. The molecular formula is C6H12O4. The molecule has 1 saturated heterocycles. The van der Waals surface area contributed by atoms with Gasteiger partial charge >= 0.3 is 0 Å². The molecule has 0 aliphatic carbocycles. The molecule has 0 unspecified atom stereocenters. The second kappa shape index (κ2) is 2.84. The lowest BCUT2D eigenvalue weighted by Crippen LogP contribution is -2.33. The summed E-state index contributed by atoms with van der Waals surface area (Å²) >= 11 is 0. The highest BCUT2D eigenvalue weighted by Crippen LogP contribution is 2.19. The van der Waals surface area contributed by atoms with Crippen LogP contribution in [0.2, 0.25) is 0 Å². The van der Waals surface area contributed by atoms with Gasteiger partial charge < -0.3 is 20.1 Å². The van der Waals surface area contributed by atoms with Crippen molar-refractivity contribution in [3.05, 3.63) is 0 Å². The van der Waals surface area contributed by atoms with Gasteiger partial charge in [-0.25, -0.2) is 0 Å². The van der Waals surface area contributed by atoms with Crippen molar-refractivity contribution >= 4 is 0 Å². The van der Waals surface area contributed by atoms with Crippen LogP contribution in [0.15, 0.2) is 0 Å². The van der Waals surface area contributed by atoms with Gasteiger partial charge in [-0.05, 0) is 6.92 Å². The average molecular weight is 148 g/mol. The van der Waals surface area contributed by atoms with Gasteiger partial charge in [0, 0.05) is 0 Å². The van der Waals surface area contributed by atoms with Crippen molar-refractivity contribution in [3.8, 4) is 0 Å². The molecule has 3 N–H and O–H groups in total. The number of ether oxygens (including phenoxy) is 1. The third kappa shape index (κ3) is 1.15. The molecule has 1 aliphatic heterocycles. The van der Waals surface area contributed by atoms with E-state index in [1.54, 1.807) is 6.92 Å². The highest BCUT2D eigenvalue weighted by Gasteiger charge is 2.39. The number of hydrogen-bond donors (Lipinski definition) is 3. The van der Waals surface area contributed by atoms with Crippen LogP contribution in [0.3, 0.4) is 0 Å². The predicted molar refractivity (Wildman–Crippen MR) is 33.4 cm³/mol. The minimum atomic E-state index is -0.944. The highest BCUT2D eigenvalue weighted by molar-refractivity contribution is 4.87. The zero-order valence-electron chi connectivity index (χ0n) is 5.77. The van der Waals surface area contributed by atoms with E-state index in [4.69, 9.17) is 20.1 Å². The molecule has 0 aromatic heterocycles. The topological polar surface area (TPSA) is 69.9 Å². The van der Waals surface area contributed by atoms with Crippen LogP contribution in [-0.2, 0) is 4.74 Å². The van der Waals surface area contributed by atoms with Gasteiger partial charge in [-0.15, -0.1) is 0 Å². The number of hydrogen-bond acceptors (Lipinski definition) is 4. The average Bonchev–Trinajstić information content (AvgIpc) is 2.17. The van der Waals surface area contributed by atoms with Crippen molar-refractivity contribution in [1.29, 1.82) is 0 Å². The molecule has 1 fully saturated rings. The summed E-state index contributed by atoms with van der Waals surface area (Å²) in [5, 5.41) is 26.8. The molecule has 1 heterocycles.